The molecule has 0 radical (unpaired) electrons. The average molecular weight is 230 g/mol. The van der Waals surface area contributed by atoms with Crippen molar-refractivity contribution in [1.82, 2.24) is 0 Å². The van der Waals surface area contributed by atoms with E-state index < -0.39 is 18.0 Å². The third kappa shape index (κ3) is 2.15. The smallest absolute Gasteiger partial charge is 0.309 e. The van der Waals surface area contributed by atoms with Crippen LogP contribution >= 0.6 is 0 Å². The summed E-state index contributed by atoms with van der Waals surface area (Å²) in [6.45, 7) is 1.51. The van der Waals surface area contributed by atoms with E-state index in [1.54, 1.807) is 6.07 Å². The molecule has 0 spiro atoms. The van der Waals surface area contributed by atoms with Gasteiger partial charge in [-0.1, -0.05) is 42.5 Å². The van der Waals surface area contributed by atoms with Gasteiger partial charge in [-0.15, -0.1) is 0 Å². The van der Waals surface area contributed by atoms with Crippen LogP contribution in [0.2, 0.25) is 0 Å². The number of carbonyl (C=O) groups is 1. The van der Waals surface area contributed by atoms with Gasteiger partial charge < -0.3 is 10.2 Å². The van der Waals surface area contributed by atoms with E-state index >= 15 is 0 Å². The molecule has 0 aliphatic heterocycles. The lowest BCUT2D eigenvalue weighted by Gasteiger charge is -2.17. The van der Waals surface area contributed by atoms with Crippen LogP contribution in [-0.4, -0.2) is 16.2 Å². The zero-order valence-corrected chi connectivity index (χ0v) is 9.50. The van der Waals surface area contributed by atoms with Crippen LogP contribution in [0.3, 0.4) is 0 Å². The standard InChI is InChI=1S/C14H14O3/c1-9(14(16)17)13(15)12-8-4-6-10-5-2-3-7-11(10)12/h2-9,13,15H,1H3,(H,16,17). The molecule has 0 saturated carbocycles. The number of aliphatic hydroxyl groups excluding tert-OH is 1. The van der Waals surface area contributed by atoms with Crippen molar-refractivity contribution in [3.8, 4) is 0 Å². The summed E-state index contributed by atoms with van der Waals surface area (Å²) in [5, 5.41) is 20.9. The van der Waals surface area contributed by atoms with Gasteiger partial charge in [0.15, 0.2) is 0 Å². The first kappa shape index (κ1) is 11.6. The monoisotopic (exact) mass is 230 g/mol. The summed E-state index contributed by atoms with van der Waals surface area (Å²) >= 11 is 0. The normalized spacial score (nSPS) is 14.5. The minimum atomic E-state index is -0.995. The third-order valence-corrected chi connectivity index (χ3v) is 3.01. The maximum absolute atomic E-state index is 10.9. The van der Waals surface area contributed by atoms with E-state index in [1.165, 1.54) is 6.92 Å². The second-order valence-electron chi connectivity index (χ2n) is 4.14. The molecule has 2 atom stereocenters. The Balaban J connectivity index is 2.52. The van der Waals surface area contributed by atoms with Gasteiger partial charge in [0.1, 0.15) is 0 Å². The number of aliphatic hydroxyl groups is 1. The number of hydrogen-bond donors (Lipinski definition) is 2. The van der Waals surface area contributed by atoms with E-state index in [4.69, 9.17) is 5.11 Å². The highest BCUT2D eigenvalue weighted by atomic mass is 16.4. The first-order valence-corrected chi connectivity index (χ1v) is 5.50. The SMILES string of the molecule is CC(C(=O)O)C(O)c1cccc2ccccc12. The van der Waals surface area contributed by atoms with Gasteiger partial charge in [-0.2, -0.15) is 0 Å². The molecule has 3 nitrogen and oxygen atoms in total. The zero-order valence-electron chi connectivity index (χ0n) is 9.50. The second kappa shape index (κ2) is 4.55. The van der Waals surface area contributed by atoms with Crippen LogP contribution in [0.15, 0.2) is 42.5 Å². The van der Waals surface area contributed by atoms with E-state index in [0.717, 1.165) is 10.8 Å². The molecule has 0 aromatic heterocycles. The Bertz CT molecular complexity index is 543. The molecule has 88 valence electrons. The van der Waals surface area contributed by atoms with Crippen LogP contribution in [0.25, 0.3) is 10.8 Å². The number of carboxylic acids is 1. The van der Waals surface area contributed by atoms with E-state index in [-0.39, 0.29) is 0 Å². The number of carboxylic acid groups (broad SMARTS) is 1. The molecule has 3 heteroatoms. The summed E-state index contributed by atoms with van der Waals surface area (Å²) in [5.74, 6) is -1.81. The highest BCUT2D eigenvalue weighted by Crippen LogP contribution is 2.28. The average Bonchev–Trinajstić information content (AvgIpc) is 2.36. The van der Waals surface area contributed by atoms with Crippen molar-refractivity contribution in [2.24, 2.45) is 5.92 Å². The number of hydrogen-bond acceptors (Lipinski definition) is 2. The lowest BCUT2D eigenvalue weighted by Crippen LogP contribution is -2.18. The Morgan fingerprint density at radius 2 is 1.76 bits per heavy atom. The Kier molecular flexibility index (Phi) is 3.11. The molecule has 2 aromatic rings. The summed E-state index contributed by atoms with van der Waals surface area (Å²) in [7, 11) is 0. The predicted molar refractivity (Wildman–Crippen MR) is 65.7 cm³/mol. The van der Waals surface area contributed by atoms with E-state index in [1.807, 2.05) is 36.4 Å². The van der Waals surface area contributed by atoms with Gasteiger partial charge in [-0.3, -0.25) is 4.79 Å². The molecular weight excluding hydrogens is 216 g/mol. The van der Waals surface area contributed by atoms with Crippen LogP contribution in [-0.2, 0) is 4.79 Å². The maximum Gasteiger partial charge on any atom is 0.309 e. The Morgan fingerprint density at radius 1 is 1.12 bits per heavy atom. The molecule has 0 bridgehead atoms. The molecule has 2 aromatic carbocycles. The third-order valence-electron chi connectivity index (χ3n) is 3.01. The summed E-state index contributed by atoms with van der Waals surface area (Å²) in [6.07, 6.45) is -0.987. The van der Waals surface area contributed by atoms with Crippen LogP contribution in [0, 0.1) is 5.92 Å². The molecule has 2 unspecified atom stereocenters. The molecule has 2 rings (SSSR count). The largest absolute Gasteiger partial charge is 0.481 e. The predicted octanol–water partition coefficient (Wildman–Crippen LogP) is 2.59. The zero-order chi connectivity index (χ0) is 12.4. The molecule has 0 aliphatic carbocycles. The highest BCUT2D eigenvalue weighted by molar-refractivity contribution is 5.86. The van der Waals surface area contributed by atoms with Crippen molar-refractivity contribution in [1.29, 1.82) is 0 Å². The van der Waals surface area contributed by atoms with E-state index in [2.05, 4.69) is 0 Å². The summed E-state index contributed by atoms with van der Waals surface area (Å²) in [5.41, 5.74) is 0.665. The van der Waals surface area contributed by atoms with Crippen molar-refractivity contribution in [3.63, 3.8) is 0 Å². The maximum atomic E-state index is 10.9. The number of benzene rings is 2. The molecule has 0 saturated heterocycles. The summed E-state index contributed by atoms with van der Waals surface area (Å²) in [6, 6.07) is 13.2. The van der Waals surface area contributed by atoms with Crippen LogP contribution < -0.4 is 0 Å². The number of aliphatic carboxylic acids is 1. The summed E-state index contributed by atoms with van der Waals surface area (Å²) in [4.78, 5) is 10.9. The van der Waals surface area contributed by atoms with Gasteiger partial charge >= 0.3 is 5.97 Å². The quantitative estimate of drug-likeness (QED) is 0.852. The Morgan fingerprint density at radius 3 is 2.47 bits per heavy atom. The molecule has 2 N–H and O–H groups in total. The number of rotatable bonds is 3. The highest BCUT2D eigenvalue weighted by Gasteiger charge is 2.23. The molecular formula is C14H14O3. The number of fused-ring (bicyclic) bond motifs is 1. The van der Waals surface area contributed by atoms with Gasteiger partial charge in [-0.25, -0.2) is 0 Å². The van der Waals surface area contributed by atoms with Crippen molar-refractivity contribution in [2.45, 2.75) is 13.0 Å². The van der Waals surface area contributed by atoms with Crippen molar-refractivity contribution in [2.75, 3.05) is 0 Å². The van der Waals surface area contributed by atoms with Gasteiger partial charge in [-0.05, 0) is 23.3 Å². The topological polar surface area (TPSA) is 57.5 Å². The fraction of sp³-hybridized carbons (Fsp3) is 0.214. The van der Waals surface area contributed by atoms with Crippen LogP contribution in [0.5, 0.6) is 0 Å². The molecule has 0 fully saturated rings. The van der Waals surface area contributed by atoms with Gasteiger partial charge in [0.05, 0.1) is 12.0 Å². The van der Waals surface area contributed by atoms with E-state index in [0.29, 0.717) is 5.56 Å². The first-order chi connectivity index (χ1) is 8.11. The minimum absolute atomic E-state index is 0.665. The lowest BCUT2D eigenvalue weighted by molar-refractivity contribution is -0.144. The molecule has 17 heavy (non-hydrogen) atoms. The second-order valence-corrected chi connectivity index (χ2v) is 4.14. The molecule has 0 heterocycles. The van der Waals surface area contributed by atoms with Crippen LogP contribution in [0.1, 0.15) is 18.6 Å². The summed E-state index contributed by atoms with van der Waals surface area (Å²) < 4.78 is 0. The van der Waals surface area contributed by atoms with Gasteiger partial charge in [0.25, 0.3) is 0 Å². The van der Waals surface area contributed by atoms with Gasteiger partial charge in [0, 0.05) is 0 Å². The Hall–Kier alpha value is -1.87. The minimum Gasteiger partial charge on any atom is -0.481 e. The first-order valence-electron chi connectivity index (χ1n) is 5.50. The molecule has 0 aliphatic rings. The fourth-order valence-electron chi connectivity index (χ4n) is 1.91. The lowest BCUT2D eigenvalue weighted by atomic mass is 9.93. The van der Waals surface area contributed by atoms with E-state index in [9.17, 15) is 9.90 Å². The van der Waals surface area contributed by atoms with Crippen molar-refractivity contribution < 1.29 is 15.0 Å². The molecule has 0 amide bonds. The Labute approximate surface area is 99.3 Å². The van der Waals surface area contributed by atoms with Crippen molar-refractivity contribution >= 4 is 16.7 Å². The van der Waals surface area contributed by atoms with Crippen molar-refractivity contribution in [3.05, 3.63) is 48.0 Å². The van der Waals surface area contributed by atoms with Crippen LogP contribution in [0.4, 0.5) is 0 Å². The fourth-order valence-corrected chi connectivity index (χ4v) is 1.91. The van der Waals surface area contributed by atoms with Gasteiger partial charge in [0.2, 0.25) is 0 Å².